The van der Waals surface area contributed by atoms with Crippen molar-refractivity contribution in [2.45, 2.75) is 13.1 Å². The minimum absolute atomic E-state index is 0. The fraction of sp³-hybridized carbons (Fsp3) is 0.286. The third-order valence-corrected chi connectivity index (χ3v) is 1.41. The molecule has 1 heterocycles. The monoisotopic (exact) mass is 242 g/mol. The summed E-state index contributed by atoms with van der Waals surface area (Å²) in [6.07, 6.45) is -4.13. The van der Waals surface area contributed by atoms with Gasteiger partial charge < -0.3 is 5.11 Å². The molecular weight excluding hydrogens is 237 g/mol. The number of halogens is 4. The molecule has 0 aliphatic heterocycles. The first-order valence-electron chi connectivity index (χ1n) is 3.46. The van der Waals surface area contributed by atoms with Gasteiger partial charge in [-0.2, -0.15) is 13.2 Å². The van der Waals surface area contributed by atoms with Gasteiger partial charge in [0.05, 0.1) is 0 Å². The Morgan fingerprint density at radius 1 is 1.47 bits per heavy atom. The van der Waals surface area contributed by atoms with Gasteiger partial charge in [0.15, 0.2) is 5.69 Å². The fourth-order valence-electron chi connectivity index (χ4n) is 0.843. The van der Waals surface area contributed by atoms with E-state index in [1.54, 1.807) is 0 Å². The normalized spacial score (nSPS) is 10.7. The number of carboxylic acid groups (broad SMARTS) is 1. The average molecular weight is 243 g/mol. The molecule has 0 unspecified atom stereocenters. The minimum atomic E-state index is -4.78. The Bertz CT molecular complexity index is 381. The number of aromatic nitrogens is 2. The topological polar surface area (TPSA) is 63.1 Å². The zero-order valence-corrected chi connectivity index (χ0v) is 8.19. The molecule has 0 fully saturated rings. The number of aryl methyl sites for hydroxylation is 1. The highest BCUT2D eigenvalue weighted by Gasteiger charge is 2.37. The van der Waals surface area contributed by atoms with Crippen LogP contribution in [0.3, 0.4) is 0 Å². The van der Waals surface area contributed by atoms with Gasteiger partial charge in [-0.25, -0.2) is 14.8 Å². The molecule has 0 radical (unpaired) electrons. The maximum atomic E-state index is 12.2. The van der Waals surface area contributed by atoms with E-state index in [9.17, 15) is 18.0 Å². The van der Waals surface area contributed by atoms with Crippen molar-refractivity contribution in [3.8, 4) is 0 Å². The Morgan fingerprint density at radius 2 is 2.00 bits per heavy atom. The molecule has 0 bridgehead atoms. The van der Waals surface area contributed by atoms with Crippen molar-refractivity contribution in [1.29, 1.82) is 0 Å². The minimum Gasteiger partial charge on any atom is -0.478 e. The van der Waals surface area contributed by atoms with E-state index in [0.717, 1.165) is 0 Å². The highest BCUT2D eigenvalue weighted by atomic mass is 35.5. The van der Waals surface area contributed by atoms with E-state index < -0.39 is 23.4 Å². The Balaban J connectivity index is 0.00000196. The summed E-state index contributed by atoms with van der Waals surface area (Å²) in [6.45, 7) is 1.25. The summed E-state index contributed by atoms with van der Waals surface area (Å²) in [6, 6.07) is 0. The van der Waals surface area contributed by atoms with Gasteiger partial charge >= 0.3 is 12.1 Å². The second-order valence-electron chi connectivity index (χ2n) is 2.48. The van der Waals surface area contributed by atoms with Crippen LogP contribution in [-0.4, -0.2) is 21.0 Å². The van der Waals surface area contributed by atoms with Crippen LogP contribution in [0.15, 0.2) is 6.20 Å². The quantitative estimate of drug-likeness (QED) is 0.817. The predicted octanol–water partition coefficient (Wildman–Crippen LogP) is 1.92. The van der Waals surface area contributed by atoms with Gasteiger partial charge in [0.2, 0.25) is 0 Å². The lowest BCUT2D eigenvalue weighted by Gasteiger charge is -2.08. The van der Waals surface area contributed by atoms with Crippen LogP contribution in [0.25, 0.3) is 0 Å². The average Bonchev–Trinajstić information content (AvgIpc) is 2.01. The van der Waals surface area contributed by atoms with Crippen LogP contribution in [0, 0.1) is 6.92 Å². The first-order valence-corrected chi connectivity index (χ1v) is 3.46. The number of carboxylic acids is 1. The van der Waals surface area contributed by atoms with Crippen LogP contribution >= 0.6 is 12.4 Å². The SMILES string of the molecule is Cc1ncc(C(=O)O)c(C(F)(F)F)n1.Cl. The molecule has 0 saturated heterocycles. The molecule has 0 atom stereocenters. The molecule has 8 heteroatoms. The largest absolute Gasteiger partial charge is 0.478 e. The van der Waals surface area contributed by atoms with Crippen molar-refractivity contribution < 1.29 is 23.1 Å². The maximum absolute atomic E-state index is 12.2. The zero-order chi connectivity index (χ0) is 10.9. The van der Waals surface area contributed by atoms with E-state index in [4.69, 9.17) is 5.11 Å². The Hall–Kier alpha value is -1.37. The lowest BCUT2D eigenvalue weighted by molar-refractivity contribution is -0.141. The fourth-order valence-corrected chi connectivity index (χ4v) is 0.843. The summed E-state index contributed by atoms with van der Waals surface area (Å²) in [5, 5.41) is 8.44. The molecule has 0 aliphatic carbocycles. The second-order valence-corrected chi connectivity index (χ2v) is 2.48. The standard InChI is InChI=1S/C7H5F3N2O2.ClH/c1-3-11-2-4(6(13)14)5(12-3)7(8,9)10;/h2H,1H3,(H,13,14);1H. The van der Waals surface area contributed by atoms with E-state index in [2.05, 4.69) is 9.97 Å². The Morgan fingerprint density at radius 3 is 2.40 bits per heavy atom. The van der Waals surface area contributed by atoms with Gasteiger partial charge in [0.25, 0.3) is 0 Å². The first kappa shape index (κ1) is 13.6. The van der Waals surface area contributed by atoms with Gasteiger partial charge in [-0.15, -0.1) is 12.4 Å². The number of hydrogen-bond acceptors (Lipinski definition) is 3. The number of hydrogen-bond donors (Lipinski definition) is 1. The molecule has 0 aliphatic rings. The number of aromatic carboxylic acids is 1. The van der Waals surface area contributed by atoms with Crippen LogP contribution in [0.4, 0.5) is 13.2 Å². The Labute approximate surface area is 88.6 Å². The summed E-state index contributed by atoms with van der Waals surface area (Å²) in [5.74, 6) is -1.82. The van der Waals surface area contributed by atoms with Crippen LogP contribution in [0.1, 0.15) is 21.9 Å². The molecule has 0 amide bonds. The summed E-state index contributed by atoms with van der Waals surface area (Å²) < 4.78 is 36.7. The van der Waals surface area contributed by atoms with E-state index in [1.807, 2.05) is 0 Å². The molecule has 15 heavy (non-hydrogen) atoms. The number of alkyl halides is 3. The molecule has 1 aromatic heterocycles. The van der Waals surface area contributed by atoms with E-state index in [0.29, 0.717) is 6.20 Å². The van der Waals surface area contributed by atoms with E-state index in [-0.39, 0.29) is 18.2 Å². The van der Waals surface area contributed by atoms with Crippen LogP contribution < -0.4 is 0 Å². The lowest BCUT2D eigenvalue weighted by atomic mass is 10.2. The van der Waals surface area contributed by atoms with Crippen molar-refractivity contribution >= 4 is 18.4 Å². The van der Waals surface area contributed by atoms with Crippen molar-refractivity contribution in [3.63, 3.8) is 0 Å². The van der Waals surface area contributed by atoms with Crippen LogP contribution in [0.5, 0.6) is 0 Å². The molecule has 1 aromatic rings. The van der Waals surface area contributed by atoms with Crippen LogP contribution in [-0.2, 0) is 6.18 Å². The molecule has 1 rings (SSSR count). The summed E-state index contributed by atoms with van der Waals surface area (Å²) in [4.78, 5) is 16.8. The number of nitrogens with zero attached hydrogens (tertiary/aromatic N) is 2. The smallest absolute Gasteiger partial charge is 0.434 e. The number of carbonyl (C=O) groups is 1. The summed E-state index contributed by atoms with van der Waals surface area (Å²) in [5.41, 5.74) is -2.36. The molecular formula is C7H6ClF3N2O2. The van der Waals surface area contributed by atoms with Gasteiger partial charge in [0, 0.05) is 6.20 Å². The van der Waals surface area contributed by atoms with E-state index in [1.165, 1.54) is 6.92 Å². The molecule has 0 saturated carbocycles. The highest BCUT2D eigenvalue weighted by molar-refractivity contribution is 5.88. The first-order chi connectivity index (χ1) is 6.32. The second kappa shape index (κ2) is 4.43. The van der Waals surface area contributed by atoms with Crippen molar-refractivity contribution in [1.82, 2.24) is 9.97 Å². The van der Waals surface area contributed by atoms with Gasteiger partial charge in [-0.1, -0.05) is 0 Å². The lowest BCUT2D eigenvalue weighted by Crippen LogP contribution is -2.16. The van der Waals surface area contributed by atoms with E-state index >= 15 is 0 Å². The van der Waals surface area contributed by atoms with Crippen molar-refractivity contribution in [2.24, 2.45) is 0 Å². The molecule has 4 nitrogen and oxygen atoms in total. The Kier molecular flexibility index (Phi) is 4.03. The molecule has 84 valence electrons. The number of rotatable bonds is 1. The molecule has 0 spiro atoms. The highest BCUT2D eigenvalue weighted by Crippen LogP contribution is 2.29. The third-order valence-electron chi connectivity index (χ3n) is 1.41. The third kappa shape index (κ3) is 3.05. The van der Waals surface area contributed by atoms with Gasteiger partial charge in [-0.05, 0) is 6.92 Å². The van der Waals surface area contributed by atoms with Gasteiger partial charge in [0.1, 0.15) is 11.4 Å². The summed E-state index contributed by atoms with van der Waals surface area (Å²) in [7, 11) is 0. The van der Waals surface area contributed by atoms with Crippen LogP contribution in [0.2, 0.25) is 0 Å². The van der Waals surface area contributed by atoms with Gasteiger partial charge in [-0.3, -0.25) is 0 Å². The summed E-state index contributed by atoms with van der Waals surface area (Å²) >= 11 is 0. The molecule has 1 N–H and O–H groups in total. The van der Waals surface area contributed by atoms with Crippen molar-refractivity contribution in [2.75, 3.05) is 0 Å². The van der Waals surface area contributed by atoms with Crippen molar-refractivity contribution in [3.05, 3.63) is 23.3 Å². The predicted molar refractivity (Wildman–Crippen MR) is 46.0 cm³/mol. The maximum Gasteiger partial charge on any atom is 0.434 e. The zero-order valence-electron chi connectivity index (χ0n) is 7.37. The molecule has 0 aromatic carbocycles.